The summed E-state index contributed by atoms with van der Waals surface area (Å²) in [5.74, 6) is 0.204. The maximum atomic E-state index is 13.9. The lowest BCUT2D eigenvalue weighted by Gasteiger charge is -2.18. The number of hydrogen-bond donors (Lipinski definition) is 1. The van der Waals surface area contributed by atoms with E-state index in [1.54, 1.807) is 19.2 Å². The number of unbranched alkanes of at least 4 members (excludes halogenated alkanes) is 1. The summed E-state index contributed by atoms with van der Waals surface area (Å²) >= 11 is 0. The second-order valence-corrected chi connectivity index (χ2v) is 5.39. The Morgan fingerprint density at radius 3 is 2.79 bits per heavy atom. The number of hydrogen-bond acceptors (Lipinski definition) is 2. The fourth-order valence-corrected chi connectivity index (χ4v) is 2.41. The van der Waals surface area contributed by atoms with Gasteiger partial charge in [0.25, 0.3) is 0 Å². The quantitative estimate of drug-likeness (QED) is 0.690. The van der Waals surface area contributed by atoms with Crippen molar-refractivity contribution in [1.29, 1.82) is 0 Å². The summed E-state index contributed by atoms with van der Waals surface area (Å²) in [7, 11) is 1.73. The van der Waals surface area contributed by atoms with Crippen molar-refractivity contribution in [1.82, 2.24) is 5.32 Å². The number of benzene rings is 1. The summed E-state index contributed by atoms with van der Waals surface area (Å²) in [6.07, 6.45) is 5.69. The van der Waals surface area contributed by atoms with E-state index < -0.39 is 0 Å². The van der Waals surface area contributed by atoms with Gasteiger partial charge in [0.05, 0.1) is 0 Å². The highest BCUT2D eigenvalue weighted by molar-refractivity contribution is 5.22. The Bertz CT molecular complexity index is 379. The van der Waals surface area contributed by atoms with E-state index in [9.17, 15) is 4.39 Å². The van der Waals surface area contributed by atoms with Crippen molar-refractivity contribution in [2.45, 2.75) is 44.1 Å². The molecule has 2 rings (SSSR count). The molecule has 1 fully saturated rings. The highest BCUT2D eigenvalue weighted by Crippen LogP contribution is 2.26. The van der Waals surface area contributed by atoms with Crippen molar-refractivity contribution in [2.24, 2.45) is 0 Å². The summed E-state index contributed by atoms with van der Waals surface area (Å²) in [4.78, 5) is 0. The lowest BCUT2D eigenvalue weighted by Crippen LogP contribution is -2.24. The van der Waals surface area contributed by atoms with Crippen LogP contribution in [0.25, 0.3) is 0 Å². The molecule has 0 aromatic heterocycles. The molecule has 0 saturated heterocycles. The average molecular weight is 265 g/mol. The fraction of sp³-hybridized carbons (Fsp3) is 0.625. The molecule has 0 heterocycles. The first kappa shape index (κ1) is 14.5. The van der Waals surface area contributed by atoms with Crippen LogP contribution < -0.4 is 5.32 Å². The van der Waals surface area contributed by atoms with Gasteiger partial charge in [-0.1, -0.05) is 24.6 Å². The first-order chi connectivity index (χ1) is 9.31. The normalized spacial score (nSPS) is 16.5. The Morgan fingerprint density at radius 2 is 2.11 bits per heavy atom. The molecule has 1 N–H and O–H groups in total. The minimum Gasteiger partial charge on any atom is -0.385 e. The van der Waals surface area contributed by atoms with E-state index in [-0.39, 0.29) is 11.7 Å². The van der Waals surface area contributed by atoms with Gasteiger partial charge in [-0.15, -0.1) is 0 Å². The largest absolute Gasteiger partial charge is 0.385 e. The minimum absolute atomic E-state index is 0.0724. The van der Waals surface area contributed by atoms with Crippen LogP contribution >= 0.6 is 0 Å². The van der Waals surface area contributed by atoms with Crippen molar-refractivity contribution in [2.75, 3.05) is 20.3 Å². The fourth-order valence-electron chi connectivity index (χ4n) is 2.41. The molecule has 0 radical (unpaired) electrons. The summed E-state index contributed by atoms with van der Waals surface area (Å²) in [5, 5.41) is 3.53. The standard InChI is InChI=1S/C16H24FNO/c1-19-11-5-4-6-13(12-18-14-9-10-14)15-7-2-3-8-16(15)17/h2-3,7-8,13-14,18H,4-6,9-12H2,1H3. The highest BCUT2D eigenvalue weighted by atomic mass is 19.1. The van der Waals surface area contributed by atoms with Crippen molar-refractivity contribution in [3.8, 4) is 0 Å². The van der Waals surface area contributed by atoms with Crippen LogP contribution in [0.15, 0.2) is 24.3 Å². The zero-order valence-electron chi connectivity index (χ0n) is 11.7. The van der Waals surface area contributed by atoms with E-state index in [2.05, 4.69) is 5.32 Å². The predicted octanol–water partition coefficient (Wildman–Crippen LogP) is 3.48. The van der Waals surface area contributed by atoms with Gasteiger partial charge in [0.15, 0.2) is 0 Å². The van der Waals surface area contributed by atoms with E-state index in [1.807, 2.05) is 12.1 Å². The molecule has 3 heteroatoms. The van der Waals surface area contributed by atoms with Crippen LogP contribution in [0.2, 0.25) is 0 Å². The number of rotatable bonds is 9. The van der Waals surface area contributed by atoms with Gasteiger partial charge in [-0.05, 0) is 43.2 Å². The topological polar surface area (TPSA) is 21.3 Å². The maximum Gasteiger partial charge on any atom is 0.126 e. The molecule has 1 saturated carbocycles. The number of ether oxygens (including phenoxy) is 1. The molecule has 106 valence electrons. The lowest BCUT2D eigenvalue weighted by molar-refractivity contribution is 0.191. The molecule has 1 aliphatic rings. The number of halogens is 1. The molecule has 2 nitrogen and oxygen atoms in total. The van der Waals surface area contributed by atoms with Crippen LogP contribution in [-0.2, 0) is 4.74 Å². The van der Waals surface area contributed by atoms with E-state index >= 15 is 0 Å². The zero-order valence-corrected chi connectivity index (χ0v) is 11.7. The lowest BCUT2D eigenvalue weighted by atomic mass is 9.93. The molecular weight excluding hydrogens is 241 g/mol. The van der Waals surface area contributed by atoms with Crippen LogP contribution in [0.4, 0.5) is 4.39 Å². The highest BCUT2D eigenvalue weighted by Gasteiger charge is 2.23. The number of methoxy groups -OCH3 is 1. The Hall–Kier alpha value is -0.930. The molecule has 1 aromatic carbocycles. The summed E-state index contributed by atoms with van der Waals surface area (Å²) in [6, 6.07) is 7.85. The van der Waals surface area contributed by atoms with E-state index in [0.29, 0.717) is 6.04 Å². The SMILES string of the molecule is COCCCCC(CNC1CC1)c1ccccc1F. The van der Waals surface area contributed by atoms with Crippen molar-refractivity contribution in [3.63, 3.8) is 0 Å². The molecule has 19 heavy (non-hydrogen) atoms. The number of nitrogens with one attached hydrogen (secondary N) is 1. The van der Waals surface area contributed by atoms with Gasteiger partial charge in [0, 0.05) is 26.3 Å². The summed E-state index contributed by atoms with van der Waals surface area (Å²) < 4.78 is 19.0. The second-order valence-electron chi connectivity index (χ2n) is 5.39. The first-order valence-electron chi connectivity index (χ1n) is 7.28. The average Bonchev–Trinajstić information content (AvgIpc) is 3.23. The van der Waals surface area contributed by atoms with Crippen molar-refractivity contribution >= 4 is 0 Å². The zero-order chi connectivity index (χ0) is 13.5. The summed E-state index contributed by atoms with van der Waals surface area (Å²) in [6.45, 7) is 1.68. The molecule has 0 bridgehead atoms. The van der Waals surface area contributed by atoms with Gasteiger partial charge >= 0.3 is 0 Å². The van der Waals surface area contributed by atoms with Crippen molar-refractivity contribution < 1.29 is 9.13 Å². The van der Waals surface area contributed by atoms with Gasteiger partial charge in [0.2, 0.25) is 0 Å². The second kappa shape index (κ2) is 7.61. The monoisotopic (exact) mass is 265 g/mol. The molecular formula is C16H24FNO. The van der Waals surface area contributed by atoms with E-state index in [1.165, 1.54) is 12.8 Å². The molecule has 1 aliphatic carbocycles. The van der Waals surface area contributed by atoms with E-state index in [4.69, 9.17) is 4.74 Å². The van der Waals surface area contributed by atoms with Gasteiger partial charge in [-0.25, -0.2) is 4.39 Å². The summed E-state index contributed by atoms with van der Waals surface area (Å²) in [5.41, 5.74) is 0.855. The Kier molecular flexibility index (Phi) is 5.80. The van der Waals surface area contributed by atoms with Gasteiger partial charge in [-0.3, -0.25) is 0 Å². The van der Waals surface area contributed by atoms with Crippen LogP contribution in [0.5, 0.6) is 0 Å². The first-order valence-corrected chi connectivity index (χ1v) is 7.28. The van der Waals surface area contributed by atoms with Crippen LogP contribution in [-0.4, -0.2) is 26.3 Å². The molecule has 1 atom stereocenters. The Labute approximate surface area is 115 Å². The third kappa shape index (κ3) is 4.92. The third-order valence-corrected chi connectivity index (χ3v) is 3.73. The van der Waals surface area contributed by atoms with Gasteiger partial charge in [0.1, 0.15) is 5.82 Å². The molecule has 1 unspecified atom stereocenters. The molecule has 0 spiro atoms. The Morgan fingerprint density at radius 1 is 1.32 bits per heavy atom. The smallest absolute Gasteiger partial charge is 0.126 e. The molecule has 0 aliphatic heterocycles. The van der Waals surface area contributed by atoms with Crippen LogP contribution in [0, 0.1) is 5.82 Å². The van der Waals surface area contributed by atoms with Crippen LogP contribution in [0.1, 0.15) is 43.6 Å². The van der Waals surface area contributed by atoms with Crippen molar-refractivity contribution in [3.05, 3.63) is 35.6 Å². The minimum atomic E-state index is -0.0724. The third-order valence-electron chi connectivity index (χ3n) is 3.73. The van der Waals surface area contributed by atoms with Gasteiger partial charge < -0.3 is 10.1 Å². The van der Waals surface area contributed by atoms with E-state index in [0.717, 1.165) is 38.0 Å². The molecule has 0 amide bonds. The maximum absolute atomic E-state index is 13.9. The Balaban J connectivity index is 1.90. The van der Waals surface area contributed by atoms with Crippen LogP contribution in [0.3, 0.4) is 0 Å². The molecule has 1 aromatic rings. The predicted molar refractivity (Wildman–Crippen MR) is 75.9 cm³/mol. The van der Waals surface area contributed by atoms with Gasteiger partial charge in [-0.2, -0.15) is 0 Å².